The summed E-state index contributed by atoms with van der Waals surface area (Å²) < 4.78 is 29.3. The molecule has 0 aromatic heterocycles. The Kier molecular flexibility index (Phi) is 10.5. The number of aliphatic hydroxyl groups is 1. The Morgan fingerprint density at radius 1 is 1.23 bits per heavy atom. The number of epoxide rings is 1. The number of nitrogen functional groups attached to an aromatic ring is 1. The zero-order valence-corrected chi connectivity index (χ0v) is 28.9. The molecule has 0 saturated carbocycles. The van der Waals surface area contributed by atoms with Crippen LogP contribution >= 0.6 is 11.6 Å². The molecule has 0 unspecified atom stereocenters. The lowest BCUT2D eigenvalue weighted by Gasteiger charge is -2.42. The van der Waals surface area contributed by atoms with E-state index < -0.39 is 47.9 Å². The van der Waals surface area contributed by atoms with Crippen molar-refractivity contribution in [3.63, 3.8) is 0 Å². The van der Waals surface area contributed by atoms with Crippen LogP contribution in [0.25, 0.3) is 0 Å². The molecule has 3 aliphatic rings. The molecule has 5 rings (SSSR count). The molecule has 2 aromatic rings. The molecule has 7 atom stereocenters. The third-order valence-electron chi connectivity index (χ3n) is 9.40. The van der Waals surface area contributed by atoms with E-state index >= 15 is 0 Å². The lowest BCUT2D eigenvalue weighted by Crippen LogP contribution is -2.63. The summed E-state index contributed by atoms with van der Waals surface area (Å²) in [6.07, 6.45) is 2.23. The van der Waals surface area contributed by atoms with E-state index in [-0.39, 0.29) is 12.3 Å². The molecule has 5 N–H and O–H groups in total. The summed E-state index contributed by atoms with van der Waals surface area (Å²) in [7, 11) is 4.96. The lowest BCUT2D eigenvalue weighted by atomic mass is 9.83. The molecule has 48 heavy (non-hydrogen) atoms. The zero-order valence-electron chi connectivity index (χ0n) is 28.1. The number of hydrogen-bond donors (Lipinski definition) is 4. The minimum Gasteiger partial charge on any atom is -0.495 e. The SMILES string of the molecule is COc1cc2cc(c1Cl)N(C)CC[C@H](OC(=O)Nc1ccc(N)cc1)[C@]1(C)O[C@H]1[C@H](C)[C@@H]1C[C@@](O)(NC(=O)O1)[C@H](OC)/C=C/C=C(\C)C2. The number of nitrogens with zero attached hydrogens (tertiary/aromatic N) is 1. The molecular weight excluding hydrogens is 640 g/mol. The highest BCUT2D eigenvalue weighted by molar-refractivity contribution is 6.34. The van der Waals surface area contributed by atoms with Crippen molar-refractivity contribution in [3.05, 3.63) is 70.8 Å². The molecule has 0 aliphatic carbocycles. The molecule has 3 heterocycles. The lowest BCUT2D eigenvalue weighted by molar-refractivity contribution is -0.142. The van der Waals surface area contributed by atoms with E-state index in [9.17, 15) is 14.7 Å². The van der Waals surface area contributed by atoms with E-state index in [1.807, 2.05) is 50.9 Å². The standard InChI is InChI=1S/C35H45ClN4O8/c1-20-8-7-9-29(45-6)35(43)19-27(46-33(42)39-35)21(2)31-34(3,48-31)28(47-32(41)38-24-12-10-23(37)11-13-24)14-15-40(4)25-17-22(16-20)18-26(44-5)30(25)36/h7-13,17-18,21,27-29,31,43H,14-16,19,37H2,1-6H3,(H,38,41)(H,39,42)/b9-7+,20-8+/t21-,27+,28+,29-,31+,34+,35+/m1/s1. The van der Waals surface area contributed by atoms with Gasteiger partial charge in [-0.1, -0.05) is 42.3 Å². The van der Waals surface area contributed by atoms with Gasteiger partial charge in [0.2, 0.25) is 0 Å². The number of anilines is 3. The maximum Gasteiger partial charge on any atom is 0.412 e. The van der Waals surface area contributed by atoms with Crippen LogP contribution < -0.4 is 26.0 Å². The number of ether oxygens (including phenoxy) is 5. The van der Waals surface area contributed by atoms with Crippen LogP contribution in [0, 0.1) is 5.92 Å². The number of methoxy groups -OCH3 is 2. The zero-order chi connectivity index (χ0) is 34.8. The van der Waals surface area contributed by atoms with Gasteiger partial charge >= 0.3 is 12.2 Å². The fraction of sp³-hybridized carbons (Fsp3) is 0.486. The highest BCUT2D eigenvalue weighted by Gasteiger charge is 2.64. The highest BCUT2D eigenvalue weighted by Crippen LogP contribution is 2.49. The average molecular weight is 685 g/mol. The quantitative estimate of drug-likeness (QED) is 0.242. The predicted molar refractivity (Wildman–Crippen MR) is 183 cm³/mol. The molecule has 2 fully saturated rings. The molecule has 2 aromatic carbocycles. The van der Waals surface area contributed by atoms with E-state index in [0.717, 1.165) is 16.8 Å². The first kappa shape index (κ1) is 35.3. The van der Waals surface area contributed by atoms with E-state index in [4.69, 9.17) is 41.0 Å². The van der Waals surface area contributed by atoms with Crippen LogP contribution in [0.4, 0.5) is 26.7 Å². The molecule has 0 radical (unpaired) electrons. The van der Waals surface area contributed by atoms with Gasteiger partial charge in [-0.3, -0.25) is 10.6 Å². The molecule has 2 saturated heterocycles. The van der Waals surface area contributed by atoms with Crippen LogP contribution in [0.2, 0.25) is 5.02 Å². The number of benzene rings is 2. The van der Waals surface area contributed by atoms with Gasteiger partial charge in [-0.25, -0.2) is 9.59 Å². The maximum absolute atomic E-state index is 13.2. The first-order valence-electron chi connectivity index (χ1n) is 15.9. The number of nitrogens with one attached hydrogen (secondary N) is 2. The molecule has 3 aliphatic heterocycles. The van der Waals surface area contributed by atoms with Gasteiger partial charge < -0.3 is 39.4 Å². The van der Waals surface area contributed by atoms with Gasteiger partial charge in [0.15, 0.2) is 5.72 Å². The molecule has 2 amide bonds. The van der Waals surface area contributed by atoms with Gasteiger partial charge in [0.1, 0.15) is 34.7 Å². The van der Waals surface area contributed by atoms with Gasteiger partial charge in [-0.2, -0.15) is 0 Å². The minimum atomic E-state index is -1.74. The molecule has 4 bridgehead atoms. The molecule has 12 nitrogen and oxygen atoms in total. The molecule has 0 spiro atoms. The first-order chi connectivity index (χ1) is 22.8. The number of alkyl carbamates (subject to hydrolysis) is 1. The summed E-state index contributed by atoms with van der Waals surface area (Å²) in [4.78, 5) is 28.0. The summed E-state index contributed by atoms with van der Waals surface area (Å²) in [5.74, 6) is 0.162. The van der Waals surface area contributed by atoms with Crippen molar-refractivity contribution in [3.8, 4) is 5.75 Å². The number of allylic oxidation sites excluding steroid dienone is 3. The van der Waals surface area contributed by atoms with Gasteiger partial charge in [-0.05, 0) is 62.2 Å². The van der Waals surface area contributed by atoms with Crippen molar-refractivity contribution in [2.24, 2.45) is 5.92 Å². The summed E-state index contributed by atoms with van der Waals surface area (Å²) in [5, 5.41) is 17.5. The number of carbonyl (C=O) groups is 2. The summed E-state index contributed by atoms with van der Waals surface area (Å²) in [5.41, 5.74) is 6.98. The van der Waals surface area contributed by atoms with Crippen LogP contribution in [-0.2, 0) is 25.4 Å². The number of halogens is 1. The second-order valence-electron chi connectivity index (χ2n) is 13.0. The minimum absolute atomic E-state index is 0.0391. The largest absolute Gasteiger partial charge is 0.495 e. The van der Waals surface area contributed by atoms with Crippen molar-refractivity contribution >= 4 is 40.8 Å². The van der Waals surface area contributed by atoms with Crippen LogP contribution in [0.1, 0.15) is 39.2 Å². The van der Waals surface area contributed by atoms with Crippen LogP contribution in [0.5, 0.6) is 5.75 Å². The predicted octanol–water partition coefficient (Wildman–Crippen LogP) is 5.43. The normalized spacial score (nSPS) is 32.4. The van der Waals surface area contributed by atoms with Crippen LogP contribution in [0.3, 0.4) is 0 Å². The summed E-state index contributed by atoms with van der Waals surface area (Å²) in [6, 6.07) is 10.7. The molecule has 13 heteroatoms. The third kappa shape index (κ3) is 7.67. The summed E-state index contributed by atoms with van der Waals surface area (Å²) >= 11 is 6.81. The monoisotopic (exact) mass is 684 g/mol. The van der Waals surface area contributed by atoms with E-state index in [2.05, 4.69) is 10.6 Å². The van der Waals surface area contributed by atoms with Gasteiger partial charge in [-0.15, -0.1) is 0 Å². The second-order valence-corrected chi connectivity index (χ2v) is 13.4. The Labute approximate surface area is 286 Å². The Hall–Kier alpha value is -3.97. The number of carbonyl (C=O) groups excluding carboxylic acids is 2. The molecule has 260 valence electrons. The van der Waals surface area contributed by atoms with Crippen molar-refractivity contribution in [1.29, 1.82) is 0 Å². The van der Waals surface area contributed by atoms with E-state index in [1.54, 1.807) is 43.5 Å². The number of hydrogen-bond acceptors (Lipinski definition) is 10. The van der Waals surface area contributed by atoms with Crippen molar-refractivity contribution in [1.82, 2.24) is 5.32 Å². The maximum atomic E-state index is 13.2. The average Bonchev–Trinajstić information content (AvgIpc) is 3.73. The second kappa shape index (κ2) is 14.3. The van der Waals surface area contributed by atoms with E-state index in [0.29, 0.717) is 41.5 Å². The van der Waals surface area contributed by atoms with Crippen LogP contribution in [-0.4, -0.2) is 80.8 Å². The Bertz CT molecular complexity index is 1570. The fourth-order valence-corrected chi connectivity index (χ4v) is 6.92. The third-order valence-corrected chi connectivity index (χ3v) is 9.78. The van der Waals surface area contributed by atoms with Crippen LogP contribution in [0.15, 0.2) is 60.2 Å². The van der Waals surface area contributed by atoms with Gasteiger partial charge in [0.25, 0.3) is 0 Å². The van der Waals surface area contributed by atoms with E-state index in [1.165, 1.54) is 7.11 Å². The number of nitrogens with two attached hydrogens (primary N) is 1. The Morgan fingerprint density at radius 3 is 2.65 bits per heavy atom. The van der Waals surface area contributed by atoms with Gasteiger partial charge in [0, 0.05) is 50.8 Å². The number of rotatable bonds is 4. The summed E-state index contributed by atoms with van der Waals surface area (Å²) in [6.45, 7) is 6.20. The Balaban J connectivity index is 1.50. The molecular formula is C35H45ClN4O8. The Morgan fingerprint density at radius 2 is 1.96 bits per heavy atom. The first-order valence-corrected chi connectivity index (χ1v) is 16.3. The van der Waals surface area contributed by atoms with Crippen molar-refractivity contribution in [2.75, 3.05) is 43.8 Å². The smallest absolute Gasteiger partial charge is 0.412 e. The van der Waals surface area contributed by atoms with Gasteiger partial charge in [0.05, 0.1) is 18.9 Å². The topological polar surface area (TPSA) is 157 Å². The number of fused-ring (bicyclic) bond motifs is 5. The highest BCUT2D eigenvalue weighted by atomic mass is 35.5. The van der Waals surface area contributed by atoms with Crippen molar-refractivity contribution in [2.45, 2.75) is 75.8 Å². The number of amides is 2. The van der Waals surface area contributed by atoms with Crippen molar-refractivity contribution < 1.29 is 38.4 Å². The fourth-order valence-electron chi connectivity index (χ4n) is 6.58.